The first kappa shape index (κ1) is 13.9. The number of rotatable bonds is 2. The maximum atomic E-state index is 6.41. The Morgan fingerprint density at radius 2 is 2.10 bits per heavy atom. The topological polar surface area (TPSA) is 21.1 Å². The summed E-state index contributed by atoms with van der Waals surface area (Å²) in [6.45, 7) is 4.42. The highest BCUT2D eigenvalue weighted by Crippen LogP contribution is 2.40. The van der Waals surface area contributed by atoms with Crippen LogP contribution in [0.5, 0.6) is 0 Å². The Kier molecular flexibility index (Phi) is 3.40. The quantitative estimate of drug-likeness (QED) is 0.764. The van der Waals surface area contributed by atoms with E-state index in [1.165, 1.54) is 32.4 Å². The summed E-state index contributed by atoms with van der Waals surface area (Å²) in [4.78, 5) is 7.38. The number of aromatic nitrogens is 2. The van der Waals surface area contributed by atoms with Crippen LogP contribution in [0.4, 0.5) is 0 Å². The molecule has 3 nitrogen and oxygen atoms in total. The Hall–Kier alpha value is -0.770. The van der Waals surface area contributed by atoms with Crippen molar-refractivity contribution in [3.63, 3.8) is 0 Å². The van der Waals surface area contributed by atoms with Crippen LogP contribution in [0, 0.1) is 0 Å². The molecule has 2 saturated heterocycles. The van der Waals surface area contributed by atoms with Crippen molar-refractivity contribution < 1.29 is 0 Å². The summed E-state index contributed by atoms with van der Waals surface area (Å²) < 4.78 is 2.37. The van der Waals surface area contributed by atoms with Crippen LogP contribution in [0.1, 0.15) is 43.4 Å². The SMILES string of the molecule is CC(Cl)c1nc2ccc(Cl)cc2n1C1CCN2CCCC12. The van der Waals surface area contributed by atoms with Crippen molar-refractivity contribution in [1.82, 2.24) is 14.5 Å². The third-order valence-corrected chi connectivity index (χ3v) is 5.37. The normalized spacial score (nSPS) is 27.4. The molecule has 2 aromatic rings. The molecule has 3 unspecified atom stereocenters. The van der Waals surface area contributed by atoms with Crippen molar-refractivity contribution >= 4 is 34.2 Å². The van der Waals surface area contributed by atoms with E-state index in [0.717, 1.165) is 21.9 Å². The zero-order chi connectivity index (χ0) is 14.6. The lowest BCUT2D eigenvalue weighted by Gasteiger charge is -2.24. The maximum Gasteiger partial charge on any atom is 0.128 e. The molecule has 2 fully saturated rings. The van der Waals surface area contributed by atoms with Crippen molar-refractivity contribution in [2.45, 2.75) is 43.6 Å². The van der Waals surface area contributed by atoms with Gasteiger partial charge in [-0.25, -0.2) is 4.98 Å². The largest absolute Gasteiger partial charge is 0.322 e. The number of alkyl halides is 1. The van der Waals surface area contributed by atoms with Crippen LogP contribution in [0.25, 0.3) is 11.0 Å². The molecule has 4 rings (SSSR count). The highest BCUT2D eigenvalue weighted by atomic mass is 35.5. The predicted octanol–water partition coefficient (Wildman–Crippen LogP) is 4.40. The summed E-state index contributed by atoms with van der Waals surface area (Å²) in [6, 6.07) is 7.05. The second kappa shape index (κ2) is 5.15. The van der Waals surface area contributed by atoms with Crippen molar-refractivity contribution in [3.05, 3.63) is 29.0 Å². The molecule has 0 spiro atoms. The average molecular weight is 324 g/mol. The van der Waals surface area contributed by atoms with Gasteiger partial charge in [-0.2, -0.15) is 0 Å². The minimum Gasteiger partial charge on any atom is -0.322 e. The number of fused-ring (bicyclic) bond motifs is 2. The first-order valence-electron chi connectivity index (χ1n) is 7.70. The van der Waals surface area contributed by atoms with Crippen LogP contribution < -0.4 is 0 Å². The summed E-state index contributed by atoms with van der Waals surface area (Å²) >= 11 is 12.6. The molecule has 1 aromatic heterocycles. The fourth-order valence-electron chi connectivity index (χ4n) is 4.07. The van der Waals surface area contributed by atoms with E-state index in [9.17, 15) is 0 Å². The first-order valence-corrected chi connectivity index (χ1v) is 8.52. The second-order valence-electron chi connectivity index (χ2n) is 6.19. The van der Waals surface area contributed by atoms with E-state index in [4.69, 9.17) is 28.2 Å². The van der Waals surface area contributed by atoms with Gasteiger partial charge in [0.15, 0.2) is 0 Å². The highest BCUT2D eigenvalue weighted by molar-refractivity contribution is 6.31. The fraction of sp³-hybridized carbons (Fsp3) is 0.562. The maximum absolute atomic E-state index is 6.41. The molecule has 3 atom stereocenters. The van der Waals surface area contributed by atoms with Gasteiger partial charge in [0.25, 0.3) is 0 Å². The number of nitrogens with zero attached hydrogens (tertiary/aromatic N) is 3. The average Bonchev–Trinajstić information content (AvgIpc) is 3.10. The summed E-state index contributed by atoms with van der Waals surface area (Å²) in [7, 11) is 0. The highest BCUT2D eigenvalue weighted by Gasteiger charge is 2.39. The van der Waals surface area contributed by atoms with Gasteiger partial charge in [-0.1, -0.05) is 11.6 Å². The number of halogens is 2. The smallest absolute Gasteiger partial charge is 0.128 e. The Balaban J connectivity index is 1.89. The summed E-state index contributed by atoms with van der Waals surface area (Å²) in [5, 5.41) is 0.672. The molecule has 0 saturated carbocycles. The van der Waals surface area contributed by atoms with Gasteiger partial charge in [-0.15, -0.1) is 11.6 Å². The minimum absolute atomic E-state index is 0.0911. The molecule has 0 N–H and O–H groups in total. The lowest BCUT2D eigenvalue weighted by Crippen LogP contribution is -2.28. The minimum atomic E-state index is -0.0911. The number of hydrogen-bond donors (Lipinski definition) is 0. The van der Waals surface area contributed by atoms with Crippen LogP contribution in [0.2, 0.25) is 5.02 Å². The zero-order valence-corrected chi connectivity index (χ0v) is 13.6. The van der Waals surface area contributed by atoms with Gasteiger partial charge in [-0.3, -0.25) is 4.90 Å². The zero-order valence-electron chi connectivity index (χ0n) is 12.1. The molecule has 0 radical (unpaired) electrons. The van der Waals surface area contributed by atoms with Crippen molar-refractivity contribution in [2.24, 2.45) is 0 Å². The molecular formula is C16H19Cl2N3. The molecule has 0 amide bonds. The van der Waals surface area contributed by atoms with E-state index in [2.05, 4.69) is 9.47 Å². The third-order valence-electron chi connectivity index (χ3n) is 4.94. The molecule has 0 aliphatic carbocycles. The van der Waals surface area contributed by atoms with E-state index in [1.54, 1.807) is 0 Å². The molecule has 2 aliphatic rings. The van der Waals surface area contributed by atoms with Crippen molar-refractivity contribution in [1.29, 1.82) is 0 Å². The van der Waals surface area contributed by atoms with Gasteiger partial charge < -0.3 is 4.57 Å². The van der Waals surface area contributed by atoms with Crippen LogP contribution in [-0.4, -0.2) is 33.6 Å². The number of benzene rings is 1. The van der Waals surface area contributed by atoms with E-state index >= 15 is 0 Å². The van der Waals surface area contributed by atoms with Crippen LogP contribution in [0.15, 0.2) is 18.2 Å². The standard InChI is InChI=1S/C16H19Cl2N3/c1-10(17)16-19-12-5-4-11(18)9-15(12)21(16)14-6-8-20-7-2-3-13(14)20/h4-5,9-10,13-14H,2-3,6-8H2,1H3. The first-order chi connectivity index (χ1) is 10.1. The van der Waals surface area contributed by atoms with E-state index < -0.39 is 0 Å². The molecule has 21 heavy (non-hydrogen) atoms. The Labute approximate surface area is 134 Å². The lowest BCUT2D eigenvalue weighted by molar-refractivity contribution is 0.290. The molecule has 112 valence electrons. The van der Waals surface area contributed by atoms with Crippen molar-refractivity contribution in [2.75, 3.05) is 13.1 Å². The lowest BCUT2D eigenvalue weighted by atomic mass is 10.1. The van der Waals surface area contributed by atoms with Crippen LogP contribution >= 0.6 is 23.2 Å². The van der Waals surface area contributed by atoms with Crippen molar-refractivity contribution in [3.8, 4) is 0 Å². The van der Waals surface area contributed by atoms with E-state index in [0.29, 0.717) is 12.1 Å². The van der Waals surface area contributed by atoms with E-state index in [1.807, 2.05) is 25.1 Å². The number of hydrogen-bond acceptors (Lipinski definition) is 2. The summed E-state index contributed by atoms with van der Waals surface area (Å²) in [5.41, 5.74) is 2.13. The molecule has 2 aliphatic heterocycles. The summed E-state index contributed by atoms with van der Waals surface area (Å²) in [5.74, 6) is 0.979. The van der Waals surface area contributed by atoms with Gasteiger partial charge in [0.05, 0.1) is 22.5 Å². The molecule has 5 heteroatoms. The number of imidazole rings is 1. The second-order valence-corrected chi connectivity index (χ2v) is 7.28. The molecule has 1 aromatic carbocycles. The van der Waals surface area contributed by atoms with Gasteiger partial charge >= 0.3 is 0 Å². The van der Waals surface area contributed by atoms with Gasteiger partial charge in [-0.05, 0) is 50.9 Å². The summed E-state index contributed by atoms with van der Waals surface area (Å²) in [6.07, 6.45) is 3.76. The van der Waals surface area contributed by atoms with Crippen LogP contribution in [-0.2, 0) is 0 Å². The van der Waals surface area contributed by atoms with E-state index in [-0.39, 0.29) is 5.38 Å². The Morgan fingerprint density at radius 3 is 2.90 bits per heavy atom. The Bertz CT molecular complexity index is 679. The fourth-order valence-corrected chi connectivity index (χ4v) is 4.39. The Morgan fingerprint density at radius 1 is 1.24 bits per heavy atom. The van der Waals surface area contributed by atoms with Crippen LogP contribution in [0.3, 0.4) is 0 Å². The molecule has 0 bridgehead atoms. The van der Waals surface area contributed by atoms with Gasteiger partial charge in [0, 0.05) is 17.6 Å². The predicted molar refractivity (Wildman–Crippen MR) is 87.3 cm³/mol. The third kappa shape index (κ3) is 2.18. The van der Waals surface area contributed by atoms with Gasteiger partial charge in [0.2, 0.25) is 0 Å². The monoisotopic (exact) mass is 323 g/mol. The molecular weight excluding hydrogens is 305 g/mol. The van der Waals surface area contributed by atoms with Gasteiger partial charge in [0.1, 0.15) is 5.82 Å². The molecule has 3 heterocycles.